The molecule has 0 aromatic heterocycles. The summed E-state index contributed by atoms with van der Waals surface area (Å²) >= 11 is 0. The Morgan fingerprint density at radius 2 is 1.77 bits per heavy atom. The second kappa shape index (κ2) is 5.59. The Hall–Kier alpha value is -1.53. The molecule has 1 aliphatic heterocycles. The van der Waals surface area contributed by atoms with E-state index in [0.717, 1.165) is 6.07 Å². The van der Waals surface area contributed by atoms with Crippen molar-refractivity contribution >= 4 is 11.4 Å². The Balaban J connectivity index is 0.000000847. The molecule has 0 bridgehead atoms. The molecule has 2 aliphatic rings. The first-order valence-corrected chi connectivity index (χ1v) is 7.27. The van der Waals surface area contributed by atoms with E-state index >= 15 is 0 Å². The topological polar surface area (TPSA) is 15.3 Å². The average molecular weight is 322 g/mol. The Labute approximate surface area is 126 Å². The molecule has 3 rings (SSSR count). The van der Waals surface area contributed by atoms with Crippen LogP contribution >= 0.6 is 0 Å². The van der Waals surface area contributed by atoms with Crippen LogP contribution in [0.5, 0.6) is 0 Å². The highest BCUT2D eigenvalue weighted by molar-refractivity contribution is 5.80. The number of nitrogens with one attached hydrogen (secondary N) is 1. The van der Waals surface area contributed by atoms with Gasteiger partial charge in [0.1, 0.15) is 0 Å². The second-order valence-corrected chi connectivity index (χ2v) is 5.43. The molecule has 1 aromatic carbocycles. The van der Waals surface area contributed by atoms with Gasteiger partial charge in [0.05, 0.1) is 23.6 Å². The molecule has 1 N–H and O–H groups in total. The van der Waals surface area contributed by atoms with Crippen LogP contribution < -0.4 is 10.2 Å². The molecule has 0 spiro atoms. The third kappa shape index (κ3) is 2.98. The van der Waals surface area contributed by atoms with Gasteiger partial charge in [-0.2, -0.15) is 13.2 Å². The molecule has 1 aromatic rings. The SMILES string of the molecule is CC.Cc1cc2c(c(C(F)(F)F)c1)N(C1CC(F)(F)C1)CN2. The number of halogens is 5. The van der Waals surface area contributed by atoms with Crippen LogP contribution in [0.15, 0.2) is 12.1 Å². The van der Waals surface area contributed by atoms with Crippen molar-refractivity contribution in [3.05, 3.63) is 23.3 Å². The number of alkyl halides is 5. The summed E-state index contributed by atoms with van der Waals surface area (Å²) in [5, 5.41) is 2.86. The van der Waals surface area contributed by atoms with Crippen LogP contribution in [0.3, 0.4) is 0 Å². The number of aryl methyl sites for hydroxylation is 1. The molecule has 7 heteroatoms. The zero-order valence-corrected chi connectivity index (χ0v) is 12.7. The molecule has 22 heavy (non-hydrogen) atoms. The standard InChI is InChI=1S/C13H13F5N2.C2H6/c1-7-2-9(13(16,17)18)11-10(3-7)19-6-20(11)8-4-12(14,15)5-8;1-2/h2-3,8,19H,4-6H2,1H3;1-2H3. The maximum absolute atomic E-state index is 13.1. The molecule has 124 valence electrons. The number of nitrogens with zero attached hydrogens (tertiary/aromatic N) is 1. The van der Waals surface area contributed by atoms with E-state index in [0.29, 0.717) is 11.3 Å². The smallest absolute Gasteiger partial charge is 0.366 e. The third-order valence-electron chi connectivity index (χ3n) is 3.80. The summed E-state index contributed by atoms with van der Waals surface area (Å²) in [7, 11) is 0. The Bertz CT molecular complexity index is 546. The van der Waals surface area contributed by atoms with Crippen molar-refractivity contribution < 1.29 is 22.0 Å². The molecule has 0 atom stereocenters. The van der Waals surface area contributed by atoms with Gasteiger partial charge in [0.2, 0.25) is 0 Å². The Morgan fingerprint density at radius 3 is 2.27 bits per heavy atom. The average Bonchev–Trinajstić information content (AvgIpc) is 2.79. The van der Waals surface area contributed by atoms with Gasteiger partial charge in [0.15, 0.2) is 0 Å². The van der Waals surface area contributed by atoms with E-state index in [2.05, 4.69) is 5.32 Å². The summed E-state index contributed by atoms with van der Waals surface area (Å²) in [5.74, 6) is -2.75. The van der Waals surface area contributed by atoms with E-state index in [1.165, 1.54) is 4.90 Å². The van der Waals surface area contributed by atoms with Gasteiger partial charge in [-0.25, -0.2) is 8.78 Å². The van der Waals surface area contributed by atoms with Crippen molar-refractivity contribution in [1.82, 2.24) is 0 Å². The minimum Gasteiger partial charge on any atom is -0.366 e. The van der Waals surface area contributed by atoms with Crippen molar-refractivity contribution in [3.8, 4) is 0 Å². The van der Waals surface area contributed by atoms with E-state index in [1.807, 2.05) is 13.8 Å². The number of hydrogen-bond acceptors (Lipinski definition) is 2. The van der Waals surface area contributed by atoms with Crippen LogP contribution in [-0.2, 0) is 6.18 Å². The molecule has 0 saturated heterocycles. The zero-order chi connectivity index (χ0) is 16.7. The predicted octanol–water partition coefficient (Wildman–Crippen LogP) is 5.03. The molecule has 0 unspecified atom stereocenters. The number of rotatable bonds is 1. The molecular formula is C15H19F5N2. The van der Waals surface area contributed by atoms with Crippen LogP contribution in [-0.4, -0.2) is 18.6 Å². The van der Waals surface area contributed by atoms with E-state index in [9.17, 15) is 22.0 Å². The number of fused-ring (bicyclic) bond motifs is 1. The van der Waals surface area contributed by atoms with Crippen LogP contribution in [0.2, 0.25) is 0 Å². The maximum Gasteiger partial charge on any atom is 0.418 e. The summed E-state index contributed by atoms with van der Waals surface area (Å²) in [6, 6.07) is 2.14. The monoisotopic (exact) mass is 322 g/mol. The summed E-state index contributed by atoms with van der Waals surface area (Å²) in [5.41, 5.74) is 0.105. The molecule has 1 fully saturated rings. The fourth-order valence-electron chi connectivity index (χ4n) is 2.85. The van der Waals surface area contributed by atoms with E-state index < -0.39 is 23.7 Å². The van der Waals surface area contributed by atoms with Crippen molar-refractivity contribution in [1.29, 1.82) is 0 Å². The molecule has 1 heterocycles. The fraction of sp³-hybridized carbons (Fsp3) is 0.600. The highest BCUT2D eigenvalue weighted by Crippen LogP contribution is 2.49. The molecule has 0 radical (unpaired) electrons. The van der Waals surface area contributed by atoms with Gasteiger partial charge in [-0.05, 0) is 24.6 Å². The lowest BCUT2D eigenvalue weighted by Crippen LogP contribution is -2.51. The number of hydrogen-bond donors (Lipinski definition) is 1. The van der Waals surface area contributed by atoms with E-state index in [-0.39, 0.29) is 25.2 Å². The maximum atomic E-state index is 13.1. The van der Waals surface area contributed by atoms with Gasteiger partial charge in [-0.1, -0.05) is 13.8 Å². The summed E-state index contributed by atoms with van der Waals surface area (Å²) in [6.45, 7) is 5.72. The van der Waals surface area contributed by atoms with Gasteiger partial charge in [-0.3, -0.25) is 0 Å². The molecular weight excluding hydrogens is 303 g/mol. The summed E-state index contributed by atoms with van der Waals surface area (Å²) < 4.78 is 65.3. The molecule has 0 amide bonds. The summed E-state index contributed by atoms with van der Waals surface area (Å²) in [4.78, 5) is 1.41. The van der Waals surface area contributed by atoms with E-state index in [1.54, 1.807) is 13.0 Å². The first-order chi connectivity index (χ1) is 10.2. The largest absolute Gasteiger partial charge is 0.418 e. The molecule has 1 saturated carbocycles. The zero-order valence-electron chi connectivity index (χ0n) is 12.7. The third-order valence-corrected chi connectivity index (χ3v) is 3.80. The minimum absolute atomic E-state index is 0.00333. The Kier molecular flexibility index (Phi) is 4.28. The fourth-order valence-corrected chi connectivity index (χ4v) is 2.85. The van der Waals surface area contributed by atoms with Gasteiger partial charge >= 0.3 is 6.18 Å². The van der Waals surface area contributed by atoms with Gasteiger partial charge < -0.3 is 10.2 Å². The highest BCUT2D eigenvalue weighted by atomic mass is 19.4. The van der Waals surface area contributed by atoms with Gasteiger partial charge in [0.25, 0.3) is 5.92 Å². The lowest BCUT2D eigenvalue weighted by molar-refractivity contribution is -0.137. The highest BCUT2D eigenvalue weighted by Gasteiger charge is 2.50. The molecule has 2 nitrogen and oxygen atoms in total. The van der Waals surface area contributed by atoms with Crippen molar-refractivity contribution in [2.75, 3.05) is 16.9 Å². The first kappa shape index (κ1) is 16.8. The van der Waals surface area contributed by atoms with Crippen molar-refractivity contribution in [2.24, 2.45) is 0 Å². The minimum atomic E-state index is -4.49. The van der Waals surface area contributed by atoms with Crippen LogP contribution in [0.1, 0.15) is 37.8 Å². The number of anilines is 2. The van der Waals surface area contributed by atoms with Gasteiger partial charge in [-0.15, -0.1) is 0 Å². The molecule has 1 aliphatic carbocycles. The number of benzene rings is 1. The van der Waals surface area contributed by atoms with Crippen LogP contribution in [0.25, 0.3) is 0 Å². The lowest BCUT2D eigenvalue weighted by Gasteiger charge is -2.42. The predicted molar refractivity (Wildman–Crippen MR) is 76.5 cm³/mol. The van der Waals surface area contributed by atoms with Crippen molar-refractivity contribution in [3.63, 3.8) is 0 Å². The van der Waals surface area contributed by atoms with E-state index in [4.69, 9.17) is 0 Å². The van der Waals surface area contributed by atoms with Crippen LogP contribution in [0.4, 0.5) is 33.3 Å². The van der Waals surface area contributed by atoms with Gasteiger partial charge in [0, 0.05) is 18.9 Å². The van der Waals surface area contributed by atoms with Crippen molar-refractivity contribution in [2.45, 2.75) is 51.8 Å². The quantitative estimate of drug-likeness (QED) is 0.730. The normalized spacial score (nSPS) is 19.7. The van der Waals surface area contributed by atoms with Crippen LogP contribution in [0, 0.1) is 6.92 Å². The Morgan fingerprint density at radius 1 is 1.18 bits per heavy atom. The second-order valence-electron chi connectivity index (χ2n) is 5.43. The summed E-state index contributed by atoms with van der Waals surface area (Å²) in [6.07, 6.45) is -5.27. The lowest BCUT2D eigenvalue weighted by atomic mass is 9.86. The first-order valence-electron chi connectivity index (χ1n) is 7.27.